The highest BCUT2D eigenvalue weighted by molar-refractivity contribution is 6.11. The molecule has 3 aromatic rings. The summed E-state index contributed by atoms with van der Waals surface area (Å²) in [7, 11) is 0. The van der Waals surface area contributed by atoms with Crippen molar-refractivity contribution < 1.29 is 28.5 Å². The van der Waals surface area contributed by atoms with Gasteiger partial charge in [-0.1, -0.05) is 43.3 Å². The van der Waals surface area contributed by atoms with Crippen LogP contribution < -0.4 is 9.47 Å². The molecule has 0 atom stereocenters. The Morgan fingerprint density at radius 1 is 0.694 bits per heavy atom. The lowest BCUT2D eigenvalue weighted by atomic mass is 9.98. The van der Waals surface area contributed by atoms with Gasteiger partial charge < -0.3 is 18.9 Å². The first-order valence-corrected chi connectivity index (χ1v) is 13.2. The molecule has 6 heteroatoms. The molecule has 0 amide bonds. The first kappa shape index (κ1) is 24.4. The third-order valence-electron chi connectivity index (χ3n) is 7.27. The van der Waals surface area contributed by atoms with Crippen molar-refractivity contribution in [2.24, 2.45) is 0 Å². The van der Waals surface area contributed by atoms with Gasteiger partial charge in [-0.25, -0.2) is 9.59 Å². The molecule has 2 fully saturated rings. The largest absolute Gasteiger partial charge is 0.481 e. The van der Waals surface area contributed by atoms with Crippen molar-refractivity contribution in [3.63, 3.8) is 0 Å². The van der Waals surface area contributed by atoms with Crippen LogP contribution >= 0.6 is 0 Å². The molecule has 0 radical (unpaired) electrons. The quantitative estimate of drug-likeness (QED) is 0.260. The van der Waals surface area contributed by atoms with Gasteiger partial charge in [-0.05, 0) is 69.4 Å². The molecule has 2 aliphatic rings. The van der Waals surface area contributed by atoms with Gasteiger partial charge in [-0.2, -0.15) is 0 Å². The van der Waals surface area contributed by atoms with Crippen LogP contribution in [0, 0.1) is 0 Å². The summed E-state index contributed by atoms with van der Waals surface area (Å²) in [4.78, 5) is 25.0. The Morgan fingerprint density at radius 2 is 1.17 bits per heavy atom. The van der Waals surface area contributed by atoms with Gasteiger partial charge in [0, 0.05) is 21.5 Å². The fourth-order valence-corrected chi connectivity index (χ4v) is 5.39. The highest BCUT2D eigenvalue weighted by atomic mass is 16.6. The zero-order valence-corrected chi connectivity index (χ0v) is 20.9. The average Bonchev–Trinajstić information content (AvgIpc) is 3.60. The first-order chi connectivity index (χ1) is 17.6. The zero-order valence-electron chi connectivity index (χ0n) is 20.9. The Morgan fingerprint density at radius 3 is 1.67 bits per heavy atom. The fraction of sp³-hybridized carbons (Fsp3) is 0.467. The van der Waals surface area contributed by atoms with Crippen LogP contribution in [-0.4, -0.2) is 37.4 Å². The van der Waals surface area contributed by atoms with Gasteiger partial charge >= 0.3 is 11.9 Å². The van der Waals surface area contributed by atoms with Crippen molar-refractivity contribution in [1.82, 2.24) is 0 Å². The van der Waals surface area contributed by atoms with E-state index in [4.69, 9.17) is 18.9 Å². The van der Waals surface area contributed by atoms with E-state index in [2.05, 4.69) is 19.1 Å². The van der Waals surface area contributed by atoms with Gasteiger partial charge in [-0.3, -0.25) is 0 Å². The molecule has 0 spiro atoms. The molecule has 2 aliphatic carbocycles. The molecule has 0 heterocycles. The van der Waals surface area contributed by atoms with Crippen molar-refractivity contribution in [2.75, 3.05) is 13.2 Å². The number of carbonyl (C=O) groups excluding carboxylic acids is 2. The smallest absolute Gasteiger partial charge is 0.344 e. The van der Waals surface area contributed by atoms with Gasteiger partial charge in [0.2, 0.25) is 0 Å². The van der Waals surface area contributed by atoms with Crippen LogP contribution in [0.2, 0.25) is 0 Å². The third kappa shape index (κ3) is 5.43. The van der Waals surface area contributed by atoms with Crippen LogP contribution in [0.5, 0.6) is 11.5 Å². The number of rotatable bonds is 9. The molecule has 36 heavy (non-hydrogen) atoms. The minimum Gasteiger partial charge on any atom is -0.481 e. The van der Waals surface area contributed by atoms with E-state index in [1.54, 1.807) is 0 Å². The highest BCUT2D eigenvalue weighted by Gasteiger charge is 2.23. The summed E-state index contributed by atoms with van der Waals surface area (Å²) < 4.78 is 23.5. The fourth-order valence-electron chi connectivity index (χ4n) is 5.39. The van der Waals surface area contributed by atoms with Crippen LogP contribution in [-0.2, 0) is 25.5 Å². The molecule has 3 aromatic carbocycles. The molecule has 0 unspecified atom stereocenters. The monoisotopic (exact) mass is 490 g/mol. The van der Waals surface area contributed by atoms with Crippen LogP contribution in [0.1, 0.15) is 63.9 Å². The second-order valence-corrected chi connectivity index (χ2v) is 9.81. The Kier molecular flexibility index (Phi) is 7.59. The van der Waals surface area contributed by atoms with E-state index in [9.17, 15) is 9.59 Å². The molecule has 0 aliphatic heterocycles. The van der Waals surface area contributed by atoms with Gasteiger partial charge in [0.1, 0.15) is 23.7 Å². The number of hydrogen-bond donors (Lipinski definition) is 0. The van der Waals surface area contributed by atoms with Crippen molar-refractivity contribution in [2.45, 2.75) is 76.9 Å². The SMILES string of the molecule is CCc1ccc2c(OCC(=O)OC3CCCC3)c3ccccc3c(OCC(=O)OC3CCCC3)c2c1. The maximum absolute atomic E-state index is 12.5. The lowest BCUT2D eigenvalue weighted by Gasteiger charge is -2.19. The zero-order chi connectivity index (χ0) is 24.9. The van der Waals surface area contributed by atoms with Crippen LogP contribution in [0.25, 0.3) is 21.5 Å². The Balaban J connectivity index is 1.45. The molecular weight excluding hydrogens is 456 g/mol. The van der Waals surface area contributed by atoms with Gasteiger partial charge in [0.05, 0.1) is 0 Å². The molecule has 0 aromatic heterocycles. The van der Waals surface area contributed by atoms with Crippen LogP contribution in [0.4, 0.5) is 0 Å². The summed E-state index contributed by atoms with van der Waals surface area (Å²) in [6.45, 7) is 1.79. The number of aryl methyl sites for hydroxylation is 1. The van der Waals surface area contributed by atoms with Crippen molar-refractivity contribution in [1.29, 1.82) is 0 Å². The summed E-state index contributed by atoms with van der Waals surface area (Å²) in [5.41, 5.74) is 1.14. The molecular formula is C30H34O6. The van der Waals surface area contributed by atoms with Crippen LogP contribution in [0.15, 0.2) is 42.5 Å². The van der Waals surface area contributed by atoms with Gasteiger partial charge in [-0.15, -0.1) is 0 Å². The summed E-state index contributed by atoms with van der Waals surface area (Å²) in [6, 6.07) is 13.9. The summed E-state index contributed by atoms with van der Waals surface area (Å²) in [5, 5.41) is 3.33. The van der Waals surface area contributed by atoms with Crippen molar-refractivity contribution >= 4 is 33.5 Å². The maximum Gasteiger partial charge on any atom is 0.344 e. The first-order valence-electron chi connectivity index (χ1n) is 13.2. The number of benzene rings is 3. The average molecular weight is 491 g/mol. The molecule has 190 valence electrons. The second kappa shape index (κ2) is 11.2. The van der Waals surface area contributed by atoms with Crippen LogP contribution in [0.3, 0.4) is 0 Å². The predicted octanol–water partition coefficient (Wildman–Crippen LogP) is 6.28. The van der Waals surface area contributed by atoms with E-state index in [-0.39, 0.29) is 37.4 Å². The number of fused-ring (bicyclic) bond motifs is 2. The standard InChI is InChI=1S/C30H34O6/c1-2-20-15-16-25-26(17-20)30(34-19-28(32)36-22-11-5-6-12-22)24-14-8-7-13-23(24)29(25)33-18-27(31)35-21-9-3-4-10-21/h7-8,13-17,21-22H,2-6,9-12,18-19H2,1H3. The van der Waals surface area contributed by atoms with Gasteiger partial charge in [0.25, 0.3) is 0 Å². The molecule has 2 saturated carbocycles. The third-order valence-corrected chi connectivity index (χ3v) is 7.27. The minimum atomic E-state index is -0.348. The predicted molar refractivity (Wildman–Crippen MR) is 139 cm³/mol. The molecule has 0 N–H and O–H groups in total. The second-order valence-electron chi connectivity index (χ2n) is 9.81. The van der Waals surface area contributed by atoms with E-state index in [0.29, 0.717) is 11.5 Å². The number of esters is 2. The number of hydrogen-bond acceptors (Lipinski definition) is 6. The molecule has 0 bridgehead atoms. The molecule has 6 nitrogen and oxygen atoms in total. The number of carbonyl (C=O) groups is 2. The Bertz CT molecular complexity index is 1240. The van der Waals surface area contributed by atoms with E-state index in [1.807, 2.05) is 30.3 Å². The maximum atomic E-state index is 12.5. The van der Waals surface area contributed by atoms with Crippen molar-refractivity contribution in [3.05, 3.63) is 48.0 Å². The van der Waals surface area contributed by atoms with E-state index >= 15 is 0 Å². The normalized spacial score (nSPS) is 16.5. The van der Waals surface area contributed by atoms with Gasteiger partial charge in [0.15, 0.2) is 13.2 Å². The van der Waals surface area contributed by atoms with E-state index < -0.39 is 0 Å². The minimum absolute atomic E-state index is 0.000970. The Labute approximate surface area is 211 Å². The van der Waals surface area contributed by atoms with E-state index in [1.165, 1.54) is 0 Å². The highest BCUT2D eigenvalue weighted by Crippen LogP contribution is 2.43. The summed E-state index contributed by atoms with van der Waals surface area (Å²) >= 11 is 0. The topological polar surface area (TPSA) is 71.1 Å². The van der Waals surface area contributed by atoms with E-state index in [0.717, 1.165) is 84.9 Å². The Hall–Kier alpha value is -3.28. The summed E-state index contributed by atoms with van der Waals surface area (Å²) in [5.74, 6) is 0.549. The lowest BCUT2D eigenvalue weighted by molar-refractivity contribution is -0.152. The van der Waals surface area contributed by atoms with Crippen molar-refractivity contribution in [3.8, 4) is 11.5 Å². The molecule has 0 saturated heterocycles. The lowest BCUT2D eigenvalue weighted by Crippen LogP contribution is -2.21. The molecule has 5 rings (SSSR count). The number of ether oxygens (including phenoxy) is 4. The summed E-state index contributed by atoms with van der Waals surface area (Å²) in [6.07, 6.45) is 8.96.